The molecule has 1 aliphatic heterocycles. The van der Waals surface area contributed by atoms with Crippen LogP contribution < -0.4 is 14.4 Å². The van der Waals surface area contributed by atoms with Crippen LogP contribution in [0.1, 0.15) is 45.5 Å². The van der Waals surface area contributed by atoms with Gasteiger partial charge >= 0.3 is 0 Å². The van der Waals surface area contributed by atoms with Crippen LogP contribution in [-0.4, -0.2) is 61.2 Å². The number of aryl methyl sites for hydroxylation is 3. The second-order valence-corrected chi connectivity index (χ2v) is 11.9. The molecule has 1 atom stereocenters. The van der Waals surface area contributed by atoms with E-state index in [2.05, 4.69) is 42.2 Å². The minimum Gasteiger partial charge on any atom is -0.497 e. The zero-order valence-electron chi connectivity index (χ0n) is 23.5. The van der Waals surface area contributed by atoms with E-state index < -0.39 is 0 Å². The van der Waals surface area contributed by atoms with Gasteiger partial charge in [-0.2, -0.15) is 0 Å². The van der Waals surface area contributed by atoms with E-state index in [1.807, 2.05) is 16.2 Å². The zero-order chi connectivity index (χ0) is 27.6. The summed E-state index contributed by atoms with van der Waals surface area (Å²) in [5, 5.41) is 1.24. The fourth-order valence-corrected chi connectivity index (χ4v) is 7.27. The molecule has 3 heterocycles. The third-order valence-electron chi connectivity index (χ3n) is 8.17. The minimum absolute atomic E-state index is 0.0163. The zero-order valence-corrected chi connectivity index (χ0v) is 24.3. The van der Waals surface area contributed by atoms with Crippen LogP contribution in [0.4, 0.5) is 5.82 Å². The Hall–Kier alpha value is -3.65. The van der Waals surface area contributed by atoms with Crippen molar-refractivity contribution in [2.75, 3.05) is 45.3 Å². The van der Waals surface area contributed by atoms with Crippen molar-refractivity contribution in [2.45, 2.75) is 39.0 Å². The lowest BCUT2D eigenvalue weighted by Gasteiger charge is -2.36. The van der Waals surface area contributed by atoms with Crippen molar-refractivity contribution in [1.29, 1.82) is 0 Å². The van der Waals surface area contributed by atoms with Crippen LogP contribution in [-0.2, 0) is 25.7 Å². The molecule has 1 aliphatic carbocycles. The topological polar surface area (TPSA) is 67.8 Å². The third-order valence-corrected chi connectivity index (χ3v) is 9.32. The molecule has 208 valence electrons. The number of anilines is 1. The number of ether oxygens (including phenoxy) is 2. The van der Waals surface area contributed by atoms with Crippen LogP contribution in [0.3, 0.4) is 0 Å². The molecule has 40 heavy (non-hydrogen) atoms. The highest BCUT2D eigenvalue weighted by molar-refractivity contribution is 7.19. The summed E-state index contributed by atoms with van der Waals surface area (Å²) in [6, 6.07) is 15.9. The van der Waals surface area contributed by atoms with E-state index in [0.29, 0.717) is 36.1 Å². The number of carbonyl (C=O) groups is 1. The Balaban J connectivity index is 1.26. The summed E-state index contributed by atoms with van der Waals surface area (Å²) in [7, 11) is 3.19. The number of nitrogens with zero attached hydrogens (tertiary/aromatic N) is 4. The smallest absolute Gasteiger partial charge is 0.257 e. The molecule has 6 rings (SSSR count). The van der Waals surface area contributed by atoms with Gasteiger partial charge in [-0.05, 0) is 54.9 Å². The third kappa shape index (κ3) is 5.24. The lowest BCUT2D eigenvalue weighted by atomic mass is 9.89. The van der Waals surface area contributed by atoms with Crippen molar-refractivity contribution in [1.82, 2.24) is 14.9 Å². The van der Waals surface area contributed by atoms with Gasteiger partial charge in [0.1, 0.15) is 28.0 Å². The first-order chi connectivity index (χ1) is 19.5. The Labute approximate surface area is 239 Å². The molecular weight excluding hydrogens is 520 g/mol. The van der Waals surface area contributed by atoms with Crippen molar-refractivity contribution in [3.63, 3.8) is 0 Å². The first-order valence-corrected chi connectivity index (χ1v) is 15.0. The molecule has 7 nitrogen and oxygen atoms in total. The van der Waals surface area contributed by atoms with E-state index in [4.69, 9.17) is 19.4 Å². The maximum absolute atomic E-state index is 13.5. The number of aromatic nitrogens is 2. The maximum Gasteiger partial charge on any atom is 0.257 e. The standard InChI is InChI=1S/C32H36N4O3S/c1-21-9-12-25-27(19-21)40-31-29(25)30(33-28(34-31)14-10-22-7-5-4-6-8-22)35-15-17-36(18-16-35)32(37)24-13-11-23(38-2)20-26(24)39-3/h4-8,11,13,20-21H,9-10,12,14-19H2,1-3H3. The van der Waals surface area contributed by atoms with Crippen LogP contribution in [0.25, 0.3) is 10.2 Å². The summed E-state index contributed by atoms with van der Waals surface area (Å²) < 4.78 is 10.8. The summed E-state index contributed by atoms with van der Waals surface area (Å²) >= 11 is 1.86. The van der Waals surface area contributed by atoms with Gasteiger partial charge in [0.2, 0.25) is 0 Å². The average molecular weight is 557 g/mol. The molecule has 2 aromatic heterocycles. The highest BCUT2D eigenvalue weighted by Gasteiger charge is 2.29. The monoisotopic (exact) mass is 556 g/mol. The Kier molecular flexibility index (Phi) is 7.61. The average Bonchev–Trinajstić information content (AvgIpc) is 3.36. The second-order valence-electron chi connectivity index (χ2n) is 10.8. The molecular formula is C32H36N4O3S. The van der Waals surface area contributed by atoms with Crippen molar-refractivity contribution < 1.29 is 14.3 Å². The molecule has 8 heteroatoms. The number of thiophene rings is 1. The Morgan fingerprint density at radius 1 is 1.00 bits per heavy atom. The van der Waals surface area contributed by atoms with Crippen molar-refractivity contribution in [3.8, 4) is 11.5 Å². The summed E-state index contributed by atoms with van der Waals surface area (Å²) in [4.78, 5) is 30.6. The molecule has 1 amide bonds. The van der Waals surface area contributed by atoms with E-state index in [9.17, 15) is 4.79 Å². The summed E-state index contributed by atoms with van der Waals surface area (Å²) in [6.07, 6.45) is 5.15. The van der Waals surface area contributed by atoms with Gasteiger partial charge in [0.05, 0.1) is 25.2 Å². The first-order valence-electron chi connectivity index (χ1n) is 14.2. The fraction of sp³-hybridized carbons (Fsp3) is 0.406. The van der Waals surface area contributed by atoms with Crippen LogP contribution in [0, 0.1) is 5.92 Å². The molecule has 2 aliphatic rings. The minimum atomic E-state index is -0.0163. The van der Waals surface area contributed by atoms with E-state index in [-0.39, 0.29) is 5.91 Å². The quantitative estimate of drug-likeness (QED) is 0.296. The summed E-state index contributed by atoms with van der Waals surface area (Å²) in [5.41, 5.74) is 3.31. The molecule has 0 radical (unpaired) electrons. The highest BCUT2D eigenvalue weighted by atomic mass is 32.1. The molecule has 4 aromatic rings. The van der Waals surface area contributed by atoms with Gasteiger partial charge in [-0.1, -0.05) is 37.3 Å². The van der Waals surface area contributed by atoms with E-state index >= 15 is 0 Å². The first kappa shape index (κ1) is 26.6. The Bertz CT molecular complexity index is 1510. The number of methoxy groups -OCH3 is 2. The van der Waals surface area contributed by atoms with Gasteiger partial charge in [-0.15, -0.1) is 11.3 Å². The lowest BCUT2D eigenvalue weighted by molar-refractivity contribution is 0.0743. The van der Waals surface area contributed by atoms with E-state index in [0.717, 1.165) is 55.2 Å². The van der Waals surface area contributed by atoms with Crippen LogP contribution in [0.2, 0.25) is 0 Å². The number of carbonyl (C=O) groups excluding carboxylic acids is 1. The maximum atomic E-state index is 13.5. The predicted octanol–water partition coefficient (Wildman–Crippen LogP) is 5.58. The molecule has 1 fully saturated rings. The fourth-order valence-electron chi connectivity index (χ4n) is 5.87. The Morgan fingerprint density at radius 2 is 1.80 bits per heavy atom. The Morgan fingerprint density at radius 3 is 2.55 bits per heavy atom. The van der Waals surface area contributed by atoms with Gasteiger partial charge in [0.25, 0.3) is 5.91 Å². The van der Waals surface area contributed by atoms with E-state index in [1.54, 1.807) is 32.4 Å². The van der Waals surface area contributed by atoms with Crippen molar-refractivity contribution in [3.05, 3.63) is 75.9 Å². The van der Waals surface area contributed by atoms with Crippen molar-refractivity contribution in [2.24, 2.45) is 5.92 Å². The normalized spacial score (nSPS) is 17.1. The van der Waals surface area contributed by atoms with Crippen LogP contribution >= 0.6 is 11.3 Å². The number of hydrogen-bond acceptors (Lipinski definition) is 7. The molecule has 1 saturated heterocycles. The molecule has 1 unspecified atom stereocenters. The van der Waals surface area contributed by atoms with Gasteiger partial charge in [-0.3, -0.25) is 4.79 Å². The number of amides is 1. The molecule has 2 aromatic carbocycles. The summed E-state index contributed by atoms with van der Waals surface area (Å²) in [6.45, 7) is 5.06. The highest BCUT2D eigenvalue weighted by Crippen LogP contribution is 2.41. The number of hydrogen-bond donors (Lipinski definition) is 0. The van der Waals surface area contributed by atoms with Crippen molar-refractivity contribution >= 4 is 33.3 Å². The number of fused-ring (bicyclic) bond motifs is 3. The van der Waals surface area contributed by atoms with Gasteiger partial charge in [-0.25, -0.2) is 9.97 Å². The molecule has 0 spiro atoms. The predicted molar refractivity (Wildman–Crippen MR) is 160 cm³/mol. The SMILES string of the molecule is COc1ccc(C(=O)N2CCN(c3nc(CCc4ccccc4)nc4sc5c(c34)CCC(C)C5)CC2)c(OC)c1. The van der Waals surface area contributed by atoms with E-state index in [1.165, 1.54) is 27.8 Å². The van der Waals surface area contributed by atoms with Gasteiger partial charge < -0.3 is 19.3 Å². The number of benzene rings is 2. The number of rotatable bonds is 7. The largest absolute Gasteiger partial charge is 0.497 e. The lowest BCUT2D eigenvalue weighted by Crippen LogP contribution is -2.49. The van der Waals surface area contributed by atoms with Crippen LogP contribution in [0.5, 0.6) is 11.5 Å². The molecule has 0 bridgehead atoms. The molecule has 0 N–H and O–H groups in total. The second kappa shape index (κ2) is 11.5. The van der Waals surface area contributed by atoms with Gasteiger partial charge in [0, 0.05) is 43.5 Å². The van der Waals surface area contributed by atoms with Crippen LogP contribution in [0.15, 0.2) is 48.5 Å². The number of piperazine rings is 1. The molecule has 0 saturated carbocycles. The summed E-state index contributed by atoms with van der Waals surface area (Å²) in [5.74, 6) is 3.85. The van der Waals surface area contributed by atoms with Gasteiger partial charge in [0.15, 0.2) is 0 Å².